The number of carbonyl (C=O) groups is 1. The smallest absolute Gasteiger partial charge is 0.153 e. The van der Waals surface area contributed by atoms with Crippen LogP contribution in [0, 0.1) is 0 Å². The molecule has 1 aliphatic rings. The van der Waals surface area contributed by atoms with Crippen LogP contribution >= 0.6 is 0 Å². The van der Waals surface area contributed by atoms with E-state index in [1.165, 1.54) is 0 Å². The highest BCUT2D eigenvalue weighted by Crippen LogP contribution is 2.22. The molecule has 0 radical (unpaired) electrons. The molecule has 1 unspecified atom stereocenters. The van der Waals surface area contributed by atoms with E-state index in [0.29, 0.717) is 6.61 Å². The molecule has 3 heteroatoms. The minimum Gasteiger partial charge on any atom is -0.366 e. The van der Waals surface area contributed by atoms with Crippen molar-refractivity contribution in [2.24, 2.45) is 0 Å². The molecular formula is C9H17NO2. The Morgan fingerprint density at radius 3 is 2.75 bits per heavy atom. The fraction of sp³-hybridized carbons (Fsp3) is 0.889. The molecule has 0 aliphatic carbocycles. The van der Waals surface area contributed by atoms with E-state index in [1.54, 1.807) is 0 Å². The van der Waals surface area contributed by atoms with Crippen molar-refractivity contribution in [1.82, 2.24) is 4.90 Å². The molecule has 1 heterocycles. The number of aldehydes is 1. The number of rotatable bonds is 4. The van der Waals surface area contributed by atoms with Crippen molar-refractivity contribution in [2.45, 2.75) is 25.9 Å². The van der Waals surface area contributed by atoms with E-state index in [1.807, 2.05) is 6.92 Å². The lowest BCUT2D eigenvalue weighted by molar-refractivity contribution is -0.129. The summed E-state index contributed by atoms with van der Waals surface area (Å²) in [6.45, 7) is 7.40. The topological polar surface area (TPSA) is 29.5 Å². The standard InChI is InChI=1S/C9H17NO2/c1-3-10-6-5-9(7-10,8-11)12-4-2/h8H,3-7H2,1-2H3. The van der Waals surface area contributed by atoms with Gasteiger partial charge >= 0.3 is 0 Å². The van der Waals surface area contributed by atoms with E-state index < -0.39 is 5.60 Å². The first-order valence-electron chi connectivity index (χ1n) is 4.59. The van der Waals surface area contributed by atoms with Crippen LogP contribution < -0.4 is 0 Å². The largest absolute Gasteiger partial charge is 0.366 e. The zero-order valence-corrected chi connectivity index (χ0v) is 7.88. The second-order valence-electron chi connectivity index (χ2n) is 3.23. The van der Waals surface area contributed by atoms with Gasteiger partial charge in [0, 0.05) is 19.7 Å². The fourth-order valence-corrected chi connectivity index (χ4v) is 1.69. The number of hydrogen-bond donors (Lipinski definition) is 0. The van der Waals surface area contributed by atoms with Gasteiger partial charge < -0.3 is 14.4 Å². The summed E-state index contributed by atoms with van der Waals surface area (Å²) in [4.78, 5) is 13.1. The van der Waals surface area contributed by atoms with Crippen molar-refractivity contribution >= 4 is 6.29 Å². The summed E-state index contributed by atoms with van der Waals surface area (Å²) in [6.07, 6.45) is 1.81. The van der Waals surface area contributed by atoms with Crippen LogP contribution in [0.2, 0.25) is 0 Å². The van der Waals surface area contributed by atoms with Gasteiger partial charge in [-0.15, -0.1) is 0 Å². The third-order valence-corrected chi connectivity index (χ3v) is 2.44. The third kappa shape index (κ3) is 1.84. The predicted molar refractivity (Wildman–Crippen MR) is 47.2 cm³/mol. The van der Waals surface area contributed by atoms with E-state index in [0.717, 1.165) is 32.3 Å². The van der Waals surface area contributed by atoms with E-state index in [2.05, 4.69) is 11.8 Å². The predicted octanol–water partition coefficient (Wildman–Crippen LogP) is 0.686. The molecule has 1 fully saturated rings. The third-order valence-electron chi connectivity index (χ3n) is 2.44. The lowest BCUT2D eigenvalue weighted by atomic mass is 10.1. The molecular weight excluding hydrogens is 154 g/mol. The number of nitrogens with zero attached hydrogens (tertiary/aromatic N) is 1. The van der Waals surface area contributed by atoms with Gasteiger partial charge in [0.05, 0.1) is 0 Å². The molecule has 1 saturated heterocycles. The number of hydrogen-bond acceptors (Lipinski definition) is 3. The molecule has 12 heavy (non-hydrogen) atoms. The molecule has 0 aromatic carbocycles. The minimum atomic E-state index is -0.495. The zero-order valence-electron chi connectivity index (χ0n) is 7.88. The molecule has 1 rings (SSSR count). The van der Waals surface area contributed by atoms with Gasteiger partial charge in [-0.3, -0.25) is 0 Å². The summed E-state index contributed by atoms with van der Waals surface area (Å²) in [7, 11) is 0. The maximum Gasteiger partial charge on any atom is 0.153 e. The molecule has 70 valence electrons. The number of likely N-dealkylation sites (N-methyl/N-ethyl adjacent to an activating group) is 1. The Labute approximate surface area is 73.7 Å². The number of carbonyl (C=O) groups excluding carboxylic acids is 1. The Kier molecular flexibility index (Phi) is 3.23. The summed E-state index contributed by atoms with van der Waals surface area (Å²) in [6, 6.07) is 0. The maximum absolute atomic E-state index is 10.8. The van der Waals surface area contributed by atoms with E-state index in [9.17, 15) is 4.79 Å². The molecule has 0 bridgehead atoms. The summed E-state index contributed by atoms with van der Waals surface area (Å²) in [5.41, 5.74) is -0.495. The lowest BCUT2D eigenvalue weighted by Gasteiger charge is -2.22. The Bertz CT molecular complexity index is 161. The first-order valence-corrected chi connectivity index (χ1v) is 4.59. The van der Waals surface area contributed by atoms with E-state index in [4.69, 9.17) is 4.74 Å². The normalized spacial score (nSPS) is 30.8. The van der Waals surface area contributed by atoms with Crippen LogP contribution in [-0.2, 0) is 9.53 Å². The Morgan fingerprint density at radius 2 is 2.33 bits per heavy atom. The van der Waals surface area contributed by atoms with Crippen LogP contribution in [0.15, 0.2) is 0 Å². The average Bonchev–Trinajstić information content (AvgIpc) is 2.50. The molecule has 1 aliphatic heterocycles. The van der Waals surface area contributed by atoms with Gasteiger partial charge in [-0.05, 0) is 19.9 Å². The fourth-order valence-electron chi connectivity index (χ4n) is 1.69. The van der Waals surface area contributed by atoms with E-state index in [-0.39, 0.29) is 0 Å². The molecule has 3 nitrogen and oxygen atoms in total. The Balaban J connectivity index is 2.52. The number of likely N-dealkylation sites (tertiary alicyclic amines) is 1. The van der Waals surface area contributed by atoms with Crippen LogP contribution in [0.3, 0.4) is 0 Å². The van der Waals surface area contributed by atoms with Gasteiger partial charge in [-0.25, -0.2) is 0 Å². The highest BCUT2D eigenvalue weighted by Gasteiger charge is 2.37. The van der Waals surface area contributed by atoms with E-state index >= 15 is 0 Å². The van der Waals surface area contributed by atoms with Crippen LogP contribution in [0.1, 0.15) is 20.3 Å². The molecule has 0 aromatic heterocycles. The monoisotopic (exact) mass is 171 g/mol. The van der Waals surface area contributed by atoms with Gasteiger partial charge in [0.25, 0.3) is 0 Å². The molecule has 1 atom stereocenters. The van der Waals surface area contributed by atoms with Crippen molar-refractivity contribution in [2.75, 3.05) is 26.2 Å². The molecule has 0 aromatic rings. The second kappa shape index (κ2) is 4.01. The van der Waals surface area contributed by atoms with Gasteiger partial charge in [-0.2, -0.15) is 0 Å². The second-order valence-corrected chi connectivity index (χ2v) is 3.23. The van der Waals surface area contributed by atoms with Gasteiger partial charge in [0.15, 0.2) is 6.29 Å². The van der Waals surface area contributed by atoms with Gasteiger partial charge in [0.1, 0.15) is 5.60 Å². The average molecular weight is 171 g/mol. The van der Waals surface area contributed by atoms with Gasteiger partial charge in [0.2, 0.25) is 0 Å². The first kappa shape index (κ1) is 9.68. The highest BCUT2D eigenvalue weighted by atomic mass is 16.5. The van der Waals surface area contributed by atoms with Crippen molar-refractivity contribution in [3.8, 4) is 0 Å². The van der Waals surface area contributed by atoms with Crippen molar-refractivity contribution in [3.05, 3.63) is 0 Å². The number of ether oxygens (including phenoxy) is 1. The zero-order chi connectivity index (χ0) is 9.03. The summed E-state index contributed by atoms with van der Waals surface area (Å²) >= 11 is 0. The van der Waals surface area contributed by atoms with Crippen molar-refractivity contribution in [3.63, 3.8) is 0 Å². The summed E-state index contributed by atoms with van der Waals surface area (Å²) in [5, 5.41) is 0. The quantitative estimate of drug-likeness (QED) is 0.583. The molecule has 0 N–H and O–H groups in total. The highest BCUT2D eigenvalue weighted by molar-refractivity contribution is 5.63. The lowest BCUT2D eigenvalue weighted by Crippen LogP contribution is -2.38. The van der Waals surface area contributed by atoms with Crippen LogP contribution in [-0.4, -0.2) is 43.0 Å². The summed E-state index contributed by atoms with van der Waals surface area (Å²) < 4.78 is 5.46. The van der Waals surface area contributed by atoms with Crippen LogP contribution in [0.4, 0.5) is 0 Å². The Hall–Kier alpha value is -0.410. The molecule has 0 spiro atoms. The maximum atomic E-state index is 10.8. The SMILES string of the molecule is CCOC1(C=O)CCN(CC)C1. The van der Waals surface area contributed by atoms with Crippen molar-refractivity contribution < 1.29 is 9.53 Å². The molecule has 0 amide bonds. The Morgan fingerprint density at radius 1 is 1.58 bits per heavy atom. The van der Waals surface area contributed by atoms with Crippen molar-refractivity contribution in [1.29, 1.82) is 0 Å². The first-order chi connectivity index (χ1) is 5.76. The van der Waals surface area contributed by atoms with Gasteiger partial charge in [-0.1, -0.05) is 6.92 Å². The van der Waals surface area contributed by atoms with Crippen LogP contribution in [0.5, 0.6) is 0 Å². The van der Waals surface area contributed by atoms with Crippen LogP contribution in [0.25, 0.3) is 0 Å². The minimum absolute atomic E-state index is 0.495. The molecule has 0 saturated carbocycles. The summed E-state index contributed by atoms with van der Waals surface area (Å²) in [5.74, 6) is 0.